The van der Waals surface area contributed by atoms with E-state index in [1.165, 1.54) is 36.1 Å². The van der Waals surface area contributed by atoms with Crippen LogP contribution < -0.4 is 5.32 Å². The highest BCUT2D eigenvalue weighted by Crippen LogP contribution is 2.29. The third-order valence-electron chi connectivity index (χ3n) is 3.87. The average Bonchev–Trinajstić information content (AvgIpc) is 2.49. The van der Waals surface area contributed by atoms with E-state index < -0.39 is 0 Å². The van der Waals surface area contributed by atoms with Gasteiger partial charge < -0.3 is 5.32 Å². The van der Waals surface area contributed by atoms with E-state index in [-0.39, 0.29) is 5.82 Å². The summed E-state index contributed by atoms with van der Waals surface area (Å²) in [6.45, 7) is 2.21. The standard InChI is InChI=1S/C17H18FN/c18-17-6-4-13(5-7-17)15-2-1-3-16(12-15)14-8-10-19-11-9-14/h1-7,12,14,19H,8-11H2. The molecule has 0 amide bonds. The van der Waals surface area contributed by atoms with E-state index in [2.05, 4.69) is 29.6 Å². The summed E-state index contributed by atoms with van der Waals surface area (Å²) in [4.78, 5) is 0. The molecular formula is C17H18FN. The molecular weight excluding hydrogens is 237 g/mol. The lowest BCUT2D eigenvalue weighted by molar-refractivity contribution is 0.460. The Balaban J connectivity index is 1.88. The Morgan fingerprint density at radius 3 is 2.37 bits per heavy atom. The van der Waals surface area contributed by atoms with Crippen LogP contribution >= 0.6 is 0 Å². The van der Waals surface area contributed by atoms with Crippen molar-refractivity contribution in [1.82, 2.24) is 5.32 Å². The molecule has 0 unspecified atom stereocenters. The molecule has 0 radical (unpaired) electrons. The highest BCUT2D eigenvalue weighted by Gasteiger charge is 2.15. The first-order chi connectivity index (χ1) is 9.33. The number of benzene rings is 2. The van der Waals surface area contributed by atoms with E-state index in [0.29, 0.717) is 5.92 Å². The van der Waals surface area contributed by atoms with E-state index >= 15 is 0 Å². The van der Waals surface area contributed by atoms with Gasteiger partial charge in [0.2, 0.25) is 0 Å². The molecule has 0 atom stereocenters. The van der Waals surface area contributed by atoms with Gasteiger partial charge in [-0.05, 0) is 60.7 Å². The average molecular weight is 255 g/mol. The summed E-state index contributed by atoms with van der Waals surface area (Å²) in [5, 5.41) is 3.40. The molecule has 2 aromatic rings. The predicted molar refractivity (Wildman–Crippen MR) is 76.7 cm³/mol. The van der Waals surface area contributed by atoms with Crippen LogP contribution in [0.5, 0.6) is 0 Å². The minimum atomic E-state index is -0.182. The van der Waals surface area contributed by atoms with Gasteiger partial charge in [-0.1, -0.05) is 36.4 Å². The van der Waals surface area contributed by atoms with Gasteiger partial charge >= 0.3 is 0 Å². The first kappa shape index (κ1) is 12.4. The lowest BCUT2D eigenvalue weighted by Gasteiger charge is -2.23. The molecule has 3 rings (SSSR count). The van der Waals surface area contributed by atoms with Crippen LogP contribution in [0.25, 0.3) is 11.1 Å². The summed E-state index contributed by atoms with van der Waals surface area (Å²) in [5.41, 5.74) is 3.66. The zero-order valence-corrected chi connectivity index (χ0v) is 10.9. The molecule has 1 heterocycles. The fraction of sp³-hybridized carbons (Fsp3) is 0.294. The number of nitrogens with one attached hydrogen (secondary N) is 1. The van der Waals surface area contributed by atoms with Crippen LogP contribution in [-0.2, 0) is 0 Å². The maximum absolute atomic E-state index is 13.0. The lowest BCUT2D eigenvalue weighted by atomic mass is 9.88. The maximum Gasteiger partial charge on any atom is 0.123 e. The summed E-state index contributed by atoms with van der Waals surface area (Å²) in [6, 6.07) is 15.4. The number of hydrogen-bond acceptors (Lipinski definition) is 1. The van der Waals surface area contributed by atoms with Gasteiger partial charge in [0, 0.05) is 0 Å². The van der Waals surface area contributed by atoms with Crippen LogP contribution in [0.1, 0.15) is 24.3 Å². The number of halogens is 1. The van der Waals surface area contributed by atoms with Gasteiger partial charge in [-0.15, -0.1) is 0 Å². The van der Waals surface area contributed by atoms with Crippen LogP contribution in [0.2, 0.25) is 0 Å². The van der Waals surface area contributed by atoms with Gasteiger partial charge in [0.25, 0.3) is 0 Å². The van der Waals surface area contributed by atoms with Crippen LogP contribution in [0, 0.1) is 5.82 Å². The second-order valence-corrected chi connectivity index (χ2v) is 5.16. The van der Waals surface area contributed by atoms with Crippen molar-refractivity contribution in [3.05, 3.63) is 59.9 Å². The summed E-state index contributed by atoms with van der Waals surface area (Å²) in [7, 11) is 0. The second kappa shape index (κ2) is 5.54. The summed E-state index contributed by atoms with van der Waals surface area (Å²) < 4.78 is 13.0. The molecule has 0 bridgehead atoms. The summed E-state index contributed by atoms with van der Waals surface area (Å²) >= 11 is 0. The molecule has 1 saturated heterocycles. The lowest BCUT2D eigenvalue weighted by Crippen LogP contribution is -2.26. The fourth-order valence-electron chi connectivity index (χ4n) is 2.77. The molecule has 1 aliphatic heterocycles. The molecule has 0 spiro atoms. The van der Waals surface area contributed by atoms with E-state index in [1.807, 2.05) is 12.1 Å². The Morgan fingerprint density at radius 1 is 0.895 bits per heavy atom. The summed E-state index contributed by atoms with van der Waals surface area (Å²) in [5.74, 6) is 0.472. The van der Waals surface area contributed by atoms with Crippen molar-refractivity contribution in [2.75, 3.05) is 13.1 Å². The molecule has 98 valence electrons. The molecule has 19 heavy (non-hydrogen) atoms. The molecule has 1 N–H and O–H groups in total. The largest absolute Gasteiger partial charge is 0.317 e. The third kappa shape index (κ3) is 2.85. The summed E-state index contributed by atoms with van der Waals surface area (Å²) in [6.07, 6.45) is 2.40. The van der Waals surface area contributed by atoms with E-state index in [4.69, 9.17) is 0 Å². The van der Waals surface area contributed by atoms with Crippen molar-refractivity contribution >= 4 is 0 Å². The molecule has 0 aromatic heterocycles. The van der Waals surface area contributed by atoms with Crippen molar-refractivity contribution in [3.63, 3.8) is 0 Å². The third-order valence-corrected chi connectivity index (χ3v) is 3.87. The maximum atomic E-state index is 13.0. The highest BCUT2D eigenvalue weighted by atomic mass is 19.1. The van der Waals surface area contributed by atoms with Crippen LogP contribution in [0.3, 0.4) is 0 Å². The van der Waals surface area contributed by atoms with E-state index in [0.717, 1.165) is 18.7 Å². The van der Waals surface area contributed by atoms with Gasteiger partial charge in [-0.3, -0.25) is 0 Å². The van der Waals surface area contributed by atoms with Crippen molar-refractivity contribution in [3.8, 4) is 11.1 Å². The highest BCUT2D eigenvalue weighted by molar-refractivity contribution is 5.64. The Labute approximate surface area is 113 Å². The van der Waals surface area contributed by atoms with E-state index in [9.17, 15) is 4.39 Å². The van der Waals surface area contributed by atoms with Crippen LogP contribution in [-0.4, -0.2) is 13.1 Å². The molecule has 2 heteroatoms. The SMILES string of the molecule is Fc1ccc(-c2cccc(C3CCNCC3)c2)cc1. The Kier molecular flexibility index (Phi) is 3.60. The van der Waals surface area contributed by atoms with E-state index in [1.54, 1.807) is 0 Å². The van der Waals surface area contributed by atoms with Gasteiger partial charge in [0.1, 0.15) is 5.82 Å². The topological polar surface area (TPSA) is 12.0 Å². The van der Waals surface area contributed by atoms with Gasteiger partial charge in [-0.25, -0.2) is 4.39 Å². The quantitative estimate of drug-likeness (QED) is 0.856. The van der Waals surface area contributed by atoms with Crippen molar-refractivity contribution < 1.29 is 4.39 Å². The Hall–Kier alpha value is -1.67. The normalized spacial score (nSPS) is 16.5. The van der Waals surface area contributed by atoms with Gasteiger partial charge in [-0.2, -0.15) is 0 Å². The predicted octanol–water partition coefficient (Wildman–Crippen LogP) is 3.96. The van der Waals surface area contributed by atoms with Crippen LogP contribution in [0.15, 0.2) is 48.5 Å². The Morgan fingerprint density at radius 2 is 1.63 bits per heavy atom. The smallest absolute Gasteiger partial charge is 0.123 e. The van der Waals surface area contributed by atoms with Crippen molar-refractivity contribution in [2.24, 2.45) is 0 Å². The molecule has 1 aliphatic rings. The number of rotatable bonds is 2. The first-order valence-electron chi connectivity index (χ1n) is 6.89. The monoisotopic (exact) mass is 255 g/mol. The number of hydrogen-bond donors (Lipinski definition) is 1. The van der Waals surface area contributed by atoms with Gasteiger partial charge in [0.15, 0.2) is 0 Å². The number of piperidine rings is 1. The fourth-order valence-corrected chi connectivity index (χ4v) is 2.77. The molecule has 1 nitrogen and oxygen atoms in total. The minimum Gasteiger partial charge on any atom is -0.317 e. The first-order valence-corrected chi connectivity index (χ1v) is 6.89. The molecule has 0 saturated carbocycles. The van der Waals surface area contributed by atoms with Crippen molar-refractivity contribution in [1.29, 1.82) is 0 Å². The molecule has 1 fully saturated rings. The van der Waals surface area contributed by atoms with Crippen LogP contribution in [0.4, 0.5) is 4.39 Å². The Bertz CT molecular complexity index is 541. The molecule has 0 aliphatic carbocycles. The van der Waals surface area contributed by atoms with Gasteiger partial charge in [0.05, 0.1) is 0 Å². The second-order valence-electron chi connectivity index (χ2n) is 5.16. The zero-order chi connectivity index (χ0) is 13.1. The zero-order valence-electron chi connectivity index (χ0n) is 10.9. The van der Waals surface area contributed by atoms with Crippen molar-refractivity contribution in [2.45, 2.75) is 18.8 Å². The molecule has 2 aromatic carbocycles. The minimum absolute atomic E-state index is 0.182.